The lowest BCUT2D eigenvalue weighted by Crippen LogP contribution is -2.45. The van der Waals surface area contributed by atoms with Gasteiger partial charge in [-0.05, 0) is 24.5 Å². The minimum absolute atomic E-state index is 0.359. The van der Waals surface area contributed by atoms with Crippen LogP contribution in [0.25, 0.3) is 0 Å². The largest absolute Gasteiger partial charge is 0.385 e. The van der Waals surface area contributed by atoms with Gasteiger partial charge in [-0.25, -0.2) is 8.42 Å². The molecule has 0 aliphatic rings. The van der Waals surface area contributed by atoms with Gasteiger partial charge in [0.25, 0.3) is 0 Å². The molecule has 0 heterocycles. The Morgan fingerprint density at radius 3 is 2.30 bits per heavy atom. The molecule has 1 aromatic carbocycles. The second-order valence-electron chi connectivity index (χ2n) is 4.94. The summed E-state index contributed by atoms with van der Waals surface area (Å²) in [7, 11) is -4.89. The van der Waals surface area contributed by atoms with Crippen LogP contribution in [0.15, 0.2) is 35.2 Å². The van der Waals surface area contributed by atoms with E-state index in [1.54, 1.807) is 0 Å². The Morgan fingerprint density at radius 2 is 1.80 bits per heavy atom. The molecule has 0 saturated heterocycles. The summed E-state index contributed by atoms with van der Waals surface area (Å²) >= 11 is 0. The number of alkyl halides is 2. The monoisotopic (exact) mass is 306 g/mol. The predicted molar refractivity (Wildman–Crippen MR) is 73.3 cm³/mol. The Morgan fingerprint density at radius 1 is 1.25 bits per heavy atom. The molecule has 1 aromatic rings. The molecule has 0 fully saturated rings. The van der Waals surface area contributed by atoms with Crippen molar-refractivity contribution in [2.75, 3.05) is 0 Å². The summed E-state index contributed by atoms with van der Waals surface area (Å²) in [6, 6.07) is 6.49. The van der Waals surface area contributed by atoms with Crippen LogP contribution in [0.1, 0.15) is 33.1 Å². The first-order valence-electron chi connectivity index (χ1n) is 6.60. The van der Waals surface area contributed by atoms with Gasteiger partial charge >= 0.3 is 5.25 Å². The highest BCUT2D eigenvalue weighted by Crippen LogP contribution is 2.36. The van der Waals surface area contributed by atoms with Crippen molar-refractivity contribution in [1.29, 1.82) is 0 Å². The van der Waals surface area contributed by atoms with E-state index in [0.29, 0.717) is 12.8 Å². The molecule has 3 nitrogen and oxygen atoms in total. The molecule has 0 radical (unpaired) electrons. The minimum atomic E-state index is -4.89. The van der Waals surface area contributed by atoms with Gasteiger partial charge < -0.3 is 5.11 Å². The van der Waals surface area contributed by atoms with Crippen LogP contribution in [0.4, 0.5) is 8.78 Å². The van der Waals surface area contributed by atoms with Crippen molar-refractivity contribution < 1.29 is 22.3 Å². The van der Waals surface area contributed by atoms with Crippen LogP contribution < -0.4 is 0 Å². The lowest BCUT2D eigenvalue weighted by molar-refractivity contribution is -0.0694. The number of hydrogen-bond acceptors (Lipinski definition) is 3. The highest BCUT2D eigenvalue weighted by atomic mass is 32.2. The lowest BCUT2D eigenvalue weighted by atomic mass is 9.98. The summed E-state index contributed by atoms with van der Waals surface area (Å²) in [6.45, 7) is 3.34. The van der Waals surface area contributed by atoms with Crippen molar-refractivity contribution in [3.8, 4) is 0 Å². The molecule has 0 amide bonds. The fraction of sp³-hybridized carbons (Fsp3) is 0.571. The number of hydrogen-bond donors (Lipinski definition) is 1. The van der Waals surface area contributed by atoms with Gasteiger partial charge in [0, 0.05) is 0 Å². The number of rotatable bonds is 7. The van der Waals surface area contributed by atoms with Crippen LogP contribution in [0.5, 0.6) is 0 Å². The Hall–Kier alpha value is -1.01. The number of benzene rings is 1. The van der Waals surface area contributed by atoms with Gasteiger partial charge in [0.15, 0.2) is 0 Å². The summed E-state index contributed by atoms with van der Waals surface area (Å²) in [5.41, 5.74) is 0. The quantitative estimate of drug-likeness (QED) is 0.841. The summed E-state index contributed by atoms with van der Waals surface area (Å²) in [4.78, 5) is -0.480. The van der Waals surface area contributed by atoms with E-state index in [9.17, 15) is 22.3 Å². The van der Waals surface area contributed by atoms with E-state index < -0.39 is 32.0 Å². The maximum atomic E-state index is 14.1. The van der Waals surface area contributed by atoms with E-state index in [4.69, 9.17) is 0 Å². The maximum Gasteiger partial charge on any atom is 0.375 e. The fourth-order valence-corrected chi connectivity index (χ4v) is 3.31. The molecule has 1 N–H and O–H groups in total. The molecule has 0 bridgehead atoms. The second kappa shape index (κ2) is 6.63. The molecule has 20 heavy (non-hydrogen) atoms. The van der Waals surface area contributed by atoms with Crippen LogP contribution in [0.3, 0.4) is 0 Å². The smallest absolute Gasteiger partial charge is 0.375 e. The van der Waals surface area contributed by atoms with Gasteiger partial charge in [-0.15, -0.1) is 0 Å². The van der Waals surface area contributed by atoms with E-state index >= 15 is 0 Å². The van der Waals surface area contributed by atoms with Crippen molar-refractivity contribution in [2.45, 2.75) is 49.4 Å². The van der Waals surface area contributed by atoms with Crippen molar-refractivity contribution >= 4 is 9.84 Å². The highest BCUT2D eigenvalue weighted by Gasteiger charge is 2.53. The molecule has 114 valence electrons. The summed E-state index contributed by atoms with van der Waals surface area (Å²) in [5.74, 6) is -0.788. The molecule has 0 spiro atoms. The second-order valence-corrected chi connectivity index (χ2v) is 6.97. The Labute approximate surface area is 118 Å². The molecule has 1 rings (SSSR count). The van der Waals surface area contributed by atoms with Crippen LogP contribution >= 0.6 is 0 Å². The predicted octanol–water partition coefficient (Wildman–Crippen LogP) is 3.24. The van der Waals surface area contributed by atoms with Gasteiger partial charge in [-0.1, -0.05) is 44.9 Å². The first-order valence-corrected chi connectivity index (χ1v) is 8.09. The van der Waals surface area contributed by atoms with Crippen LogP contribution in [-0.4, -0.2) is 24.9 Å². The molecular weight excluding hydrogens is 286 g/mol. The molecule has 0 aliphatic carbocycles. The van der Waals surface area contributed by atoms with Crippen molar-refractivity contribution in [3.05, 3.63) is 30.3 Å². The van der Waals surface area contributed by atoms with Gasteiger partial charge in [0.1, 0.15) is 6.10 Å². The number of halogens is 2. The van der Waals surface area contributed by atoms with E-state index in [2.05, 4.69) is 0 Å². The standard InChI is InChI=1S/C14H20F2O3S/c1-3-4-8-11(2)13(17)14(15,16)20(18,19)12-9-6-5-7-10-12/h5-7,9-11,13,17H,3-4,8H2,1-2H3/t11-,13?/m1/s1. The highest BCUT2D eigenvalue weighted by molar-refractivity contribution is 7.92. The van der Waals surface area contributed by atoms with Crippen molar-refractivity contribution in [1.82, 2.24) is 0 Å². The average molecular weight is 306 g/mol. The molecule has 0 saturated carbocycles. The van der Waals surface area contributed by atoms with Crippen molar-refractivity contribution in [3.63, 3.8) is 0 Å². The molecule has 0 aliphatic heterocycles. The Bertz CT molecular complexity index is 514. The fourth-order valence-electron chi connectivity index (χ4n) is 1.93. The van der Waals surface area contributed by atoms with Gasteiger partial charge in [0.05, 0.1) is 4.90 Å². The molecule has 0 aromatic heterocycles. The van der Waals surface area contributed by atoms with Crippen LogP contribution in [-0.2, 0) is 9.84 Å². The van der Waals surface area contributed by atoms with Gasteiger partial charge in [-0.2, -0.15) is 8.78 Å². The number of aliphatic hydroxyl groups is 1. The van der Waals surface area contributed by atoms with E-state index in [1.807, 2.05) is 6.92 Å². The Balaban J connectivity index is 3.03. The Kier molecular flexibility index (Phi) is 5.65. The third-order valence-electron chi connectivity index (χ3n) is 3.31. The molecule has 2 atom stereocenters. The van der Waals surface area contributed by atoms with Crippen LogP contribution in [0, 0.1) is 5.92 Å². The van der Waals surface area contributed by atoms with Crippen LogP contribution in [0.2, 0.25) is 0 Å². The van der Waals surface area contributed by atoms with Gasteiger partial charge in [0.2, 0.25) is 9.84 Å². The zero-order valence-corrected chi connectivity index (χ0v) is 12.4. The van der Waals surface area contributed by atoms with E-state index in [-0.39, 0.29) is 0 Å². The van der Waals surface area contributed by atoms with E-state index in [0.717, 1.165) is 18.6 Å². The minimum Gasteiger partial charge on any atom is -0.385 e. The number of aliphatic hydroxyl groups excluding tert-OH is 1. The summed E-state index contributed by atoms with van der Waals surface area (Å²) in [6.07, 6.45) is -0.384. The average Bonchev–Trinajstić information content (AvgIpc) is 2.44. The zero-order valence-electron chi connectivity index (χ0n) is 11.6. The number of unbranched alkanes of at least 4 members (excludes halogenated alkanes) is 1. The summed E-state index contributed by atoms with van der Waals surface area (Å²) < 4.78 is 52.2. The molecule has 1 unspecified atom stereocenters. The number of sulfone groups is 1. The SMILES string of the molecule is CCCC[C@@H](C)C(O)C(F)(F)S(=O)(=O)c1ccccc1. The van der Waals surface area contributed by atoms with E-state index in [1.165, 1.54) is 25.1 Å². The molecular formula is C14H20F2O3S. The topological polar surface area (TPSA) is 54.4 Å². The van der Waals surface area contributed by atoms with Gasteiger partial charge in [-0.3, -0.25) is 0 Å². The normalized spacial score (nSPS) is 15.8. The first-order chi connectivity index (χ1) is 9.25. The molecule has 6 heteroatoms. The maximum absolute atomic E-state index is 14.1. The lowest BCUT2D eigenvalue weighted by Gasteiger charge is -2.27. The third kappa shape index (κ3) is 3.35. The third-order valence-corrected chi connectivity index (χ3v) is 5.16. The summed E-state index contributed by atoms with van der Waals surface area (Å²) in [5, 5.41) is 5.55. The zero-order chi connectivity index (χ0) is 15.4. The first kappa shape index (κ1) is 17.0. The van der Waals surface area contributed by atoms with Crippen molar-refractivity contribution in [2.24, 2.45) is 5.92 Å².